The van der Waals surface area contributed by atoms with Crippen LogP contribution in [0, 0.1) is 0 Å². The van der Waals surface area contributed by atoms with Gasteiger partial charge in [-0.05, 0) is 30.9 Å². The van der Waals surface area contributed by atoms with Crippen LogP contribution in [0.2, 0.25) is 0 Å². The van der Waals surface area contributed by atoms with E-state index in [9.17, 15) is 0 Å². The molecule has 0 N–H and O–H groups in total. The second kappa shape index (κ2) is 4.82. The molecule has 0 bridgehead atoms. The largest absolute Gasteiger partial charge is 0.487 e. The van der Waals surface area contributed by atoms with Crippen LogP contribution in [0.15, 0.2) is 0 Å². The van der Waals surface area contributed by atoms with E-state index in [-0.39, 0.29) is 0 Å². The molecule has 3 heteroatoms. The molecule has 1 nitrogen and oxygen atoms in total. The van der Waals surface area contributed by atoms with E-state index in [1.807, 2.05) is 13.8 Å². The van der Waals surface area contributed by atoms with Crippen LogP contribution in [0.3, 0.4) is 0 Å². The number of thiocarbonyl (C=S) groups is 2. The summed E-state index contributed by atoms with van der Waals surface area (Å²) in [4.78, 5) is 0.883. The summed E-state index contributed by atoms with van der Waals surface area (Å²) in [6, 6.07) is 0. The Morgan fingerprint density at radius 2 is 2.00 bits per heavy atom. The quantitative estimate of drug-likeness (QED) is 0.588. The van der Waals surface area contributed by atoms with E-state index in [0.717, 1.165) is 4.86 Å². The molecule has 0 radical (unpaired) electrons. The Balaban J connectivity index is 3.39. The van der Waals surface area contributed by atoms with Crippen LogP contribution in [0.5, 0.6) is 0 Å². The Morgan fingerprint density at radius 1 is 1.44 bits per heavy atom. The van der Waals surface area contributed by atoms with Crippen molar-refractivity contribution in [1.29, 1.82) is 0 Å². The van der Waals surface area contributed by atoms with E-state index in [2.05, 4.69) is 0 Å². The van der Waals surface area contributed by atoms with Crippen molar-refractivity contribution in [1.82, 2.24) is 0 Å². The summed E-state index contributed by atoms with van der Waals surface area (Å²) in [7, 11) is 0. The van der Waals surface area contributed by atoms with Gasteiger partial charge >= 0.3 is 0 Å². The van der Waals surface area contributed by atoms with E-state index in [0.29, 0.717) is 18.1 Å². The molecule has 0 saturated heterocycles. The van der Waals surface area contributed by atoms with Gasteiger partial charge in [0, 0.05) is 6.42 Å². The van der Waals surface area contributed by atoms with E-state index in [4.69, 9.17) is 29.2 Å². The number of hydrogen-bond acceptors (Lipinski definition) is 3. The first-order valence-electron chi connectivity index (χ1n) is 2.82. The van der Waals surface area contributed by atoms with Crippen LogP contribution in [0.1, 0.15) is 20.3 Å². The molecule has 0 aliphatic heterocycles. The second-order valence-corrected chi connectivity index (χ2v) is 2.84. The molecule has 0 fully saturated rings. The van der Waals surface area contributed by atoms with Gasteiger partial charge in [0.05, 0.1) is 6.61 Å². The molecule has 0 aliphatic rings. The number of ether oxygens (including phenoxy) is 1. The highest BCUT2D eigenvalue weighted by atomic mass is 32.1. The van der Waals surface area contributed by atoms with Crippen LogP contribution < -0.4 is 0 Å². The third kappa shape index (κ3) is 5.86. The van der Waals surface area contributed by atoms with Crippen LogP contribution >= 0.6 is 24.4 Å². The van der Waals surface area contributed by atoms with E-state index < -0.39 is 0 Å². The molecule has 0 aromatic rings. The Hall–Kier alpha value is -0.0200. The van der Waals surface area contributed by atoms with Gasteiger partial charge in [0.1, 0.15) is 0 Å². The average Bonchev–Trinajstić information content (AvgIpc) is 1.63. The molecule has 0 aromatic heterocycles. The maximum Gasteiger partial charge on any atom is 0.164 e. The van der Waals surface area contributed by atoms with Gasteiger partial charge in [0.2, 0.25) is 0 Å². The first-order chi connectivity index (χ1) is 4.16. The van der Waals surface area contributed by atoms with Crippen molar-refractivity contribution in [3.63, 3.8) is 0 Å². The van der Waals surface area contributed by atoms with Crippen molar-refractivity contribution >= 4 is 34.4 Å². The van der Waals surface area contributed by atoms with Gasteiger partial charge in [-0.25, -0.2) is 0 Å². The zero-order chi connectivity index (χ0) is 7.28. The van der Waals surface area contributed by atoms with Crippen molar-refractivity contribution in [2.45, 2.75) is 20.3 Å². The van der Waals surface area contributed by atoms with Crippen molar-refractivity contribution in [3.05, 3.63) is 0 Å². The molecule has 52 valence electrons. The van der Waals surface area contributed by atoms with Crippen LogP contribution in [-0.2, 0) is 4.74 Å². The van der Waals surface area contributed by atoms with Gasteiger partial charge in [0.25, 0.3) is 0 Å². The minimum absolute atomic E-state index is 0.602. The average molecular weight is 162 g/mol. The maximum absolute atomic E-state index is 5.00. The van der Waals surface area contributed by atoms with Crippen LogP contribution in [0.25, 0.3) is 0 Å². The molecule has 0 aliphatic carbocycles. The molecule has 0 amide bonds. The number of hydrogen-bond donors (Lipinski definition) is 0. The van der Waals surface area contributed by atoms with Crippen LogP contribution in [0.4, 0.5) is 0 Å². The summed E-state index contributed by atoms with van der Waals surface area (Å²) >= 11 is 9.64. The lowest BCUT2D eigenvalue weighted by atomic mass is 10.3. The SMILES string of the molecule is CCOC(=S)CC(C)=S. The normalized spacial score (nSPS) is 8.67. The van der Waals surface area contributed by atoms with Crippen molar-refractivity contribution in [2.75, 3.05) is 6.61 Å². The van der Waals surface area contributed by atoms with Gasteiger partial charge in [-0.15, -0.1) is 0 Å². The lowest BCUT2D eigenvalue weighted by molar-refractivity contribution is 0.331. The van der Waals surface area contributed by atoms with Gasteiger partial charge in [0.15, 0.2) is 5.05 Å². The highest BCUT2D eigenvalue weighted by Gasteiger charge is 1.95. The zero-order valence-electron chi connectivity index (χ0n) is 5.64. The molecule has 0 rings (SSSR count). The van der Waals surface area contributed by atoms with Gasteiger partial charge in [-0.3, -0.25) is 0 Å². The van der Waals surface area contributed by atoms with Crippen LogP contribution in [-0.4, -0.2) is 16.5 Å². The third-order valence-corrected chi connectivity index (χ3v) is 1.11. The summed E-state index contributed by atoms with van der Waals surface area (Å²) in [5.74, 6) is 0. The Kier molecular flexibility index (Phi) is 4.81. The molecular formula is C6H10OS2. The second-order valence-electron chi connectivity index (χ2n) is 1.68. The van der Waals surface area contributed by atoms with E-state index in [1.165, 1.54) is 0 Å². The first kappa shape index (κ1) is 8.98. The Bertz CT molecular complexity index is 120. The minimum Gasteiger partial charge on any atom is -0.487 e. The molecule has 0 saturated carbocycles. The van der Waals surface area contributed by atoms with Gasteiger partial charge in [-0.2, -0.15) is 0 Å². The fourth-order valence-corrected chi connectivity index (χ4v) is 0.972. The molecule has 0 atom stereocenters. The smallest absolute Gasteiger partial charge is 0.164 e. The number of rotatable bonds is 3. The third-order valence-electron chi connectivity index (χ3n) is 0.699. The molecular weight excluding hydrogens is 152 g/mol. The Morgan fingerprint density at radius 3 is 2.33 bits per heavy atom. The minimum atomic E-state index is 0.602. The lowest BCUT2D eigenvalue weighted by Crippen LogP contribution is -2.04. The summed E-state index contributed by atoms with van der Waals surface area (Å²) in [5, 5.41) is 0.602. The summed E-state index contributed by atoms with van der Waals surface area (Å²) in [6.45, 7) is 4.41. The van der Waals surface area contributed by atoms with Gasteiger partial charge < -0.3 is 4.74 Å². The molecule has 0 unspecified atom stereocenters. The van der Waals surface area contributed by atoms with Gasteiger partial charge in [-0.1, -0.05) is 12.2 Å². The van der Waals surface area contributed by atoms with E-state index in [1.54, 1.807) is 0 Å². The highest BCUT2D eigenvalue weighted by molar-refractivity contribution is 7.81. The topological polar surface area (TPSA) is 9.23 Å². The fraction of sp³-hybridized carbons (Fsp3) is 0.667. The monoisotopic (exact) mass is 162 g/mol. The lowest BCUT2D eigenvalue weighted by Gasteiger charge is -2.01. The molecule has 0 heterocycles. The van der Waals surface area contributed by atoms with Crippen molar-refractivity contribution in [2.24, 2.45) is 0 Å². The highest BCUT2D eigenvalue weighted by Crippen LogP contribution is 1.92. The molecule has 9 heavy (non-hydrogen) atoms. The summed E-state index contributed by atoms with van der Waals surface area (Å²) in [5.41, 5.74) is 0. The van der Waals surface area contributed by atoms with E-state index >= 15 is 0 Å². The summed E-state index contributed by atoms with van der Waals surface area (Å²) in [6.07, 6.45) is 0.637. The zero-order valence-corrected chi connectivity index (χ0v) is 7.27. The molecule has 0 aromatic carbocycles. The standard InChI is InChI=1S/C6H10OS2/c1-3-7-6(9)4-5(2)8/h3-4H2,1-2H3. The summed E-state index contributed by atoms with van der Waals surface area (Å²) < 4.78 is 5.00. The maximum atomic E-state index is 5.00. The predicted octanol–water partition coefficient (Wildman–Crippen LogP) is 2.13. The molecule has 0 spiro atoms. The fourth-order valence-electron chi connectivity index (χ4n) is 0.415. The van der Waals surface area contributed by atoms with Crippen molar-refractivity contribution in [3.8, 4) is 0 Å². The van der Waals surface area contributed by atoms with Crippen molar-refractivity contribution < 1.29 is 4.74 Å². The predicted molar refractivity (Wildman–Crippen MR) is 47.1 cm³/mol. The first-order valence-corrected chi connectivity index (χ1v) is 3.63. The Labute approximate surface area is 66.4 Å².